The predicted octanol–water partition coefficient (Wildman–Crippen LogP) is 1.75. The van der Waals surface area contributed by atoms with Crippen molar-refractivity contribution in [2.75, 3.05) is 19.7 Å². The Kier molecular flexibility index (Phi) is 3.38. The van der Waals surface area contributed by atoms with E-state index in [1.807, 2.05) is 4.90 Å². The number of nitrogens with one attached hydrogen (secondary N) is 1. The molecule has 4 nitrogen and oxygen atoms in total. The van der Waals surface area contributed by atoms with Crippen molar-refractivity contribution < 1.29 is 9.53 Å². The molecule has 0 radical (unpaired) electrons. The van der Waals surface area contributed by atoms with Crippen LogP contribution in [0.1, 0.15) is 39.5 Å². The summed E-state index contributed by atoms with van der Waals surface area (Å²) in [6.45, 7) is 6.75. The molecular formula is C12H22N2O2. The Balaban J connectivity index is 1.82. The van der Waals surface area contributed by atoms with Gasteiger partial charge in [-0.25, -0.2) is 4.79 Å². The molecule has 1 unspecified atom stereocenters. The molecule has 1 N–H and O–H groups in total. The van der Waals surface area contributed by atoms with Crippen LogP contribution >= 0.6 is 0 Å². The maximum absolute atomic E-state index is 11.9. The monoisotopic (exact) mass is 226 g/mol. The van der Waals surface area contributed by atoms with Gasteiger partial charge in [-0.05, 0) is 39.5 Å². The number of hydrogen-bond acceptors (Lipinski definition) is 2. The highest BCUT2D eigenvalue weighted by Gasteiger charge is 2.30. The maximum atomic E-state index is 11.9. The van der Waals surface area contributed by atoms with Gasteiger partial charge in [0.2, 0.25) is 0 Å². The average Bonchev–Trinajstić information content (AvgIpc) is 2.68. The number of ether oxygens (including phenoxy) is 1. The van der Waals surface area contributed by atoms with Crippen LogP contribution in [0.5, 0.6) is 0 Å². The molecule has 2 aliphatic rings. The molecule has 16 heavy (non-hydrogen) atoms. The van der Waals surface area contributed by atoms with Crippen molar-refractivity contribution in [3.63, 3.8) is 0 Å². The maximum Gasteiger partial charge on any atom is 0.317 e. The van der Waals surface area contributed by atoms with Crippen LogP contribution in [0, 0.1) is 0 Å². The molecular weight excluding hydrogens is 204 g/mol. The molecule has 0 aliphatic carbocycles. The molecule has 0 aromatic rings. The largest absolute Gasteiger partial charge is 0.375 e. The summed E-state index contributed by atoms with van der Waals surface area (Å²) in [6.07, 6.45) is 4.13. The molecule has 0 bridgehead atoms. The number of hydrogen-bond donors (Lipinski definition) is 1. The Bertz CT molecular complexity index is 260. The van der Waals surface area contributed by atoms with Crippen LogP contribution in [-0.2, 0) is 4.74 Å². The number of nitrogens with zero attached hydrogens (tertiary/aromatic N) is 1. The Morgan fingerprint density at radius 3 is 2.69 bits per heavy atom. The highest BCUT2D eigenvalue weighted by Crippen LogP contribution is 2.24. The third-order valence-corrected chi connectivity index (χ3v) is 3.42. The fourth-order valence-corrected chi connectivity index (χ4v) is 2.54. The number of carbonyl (C=O) groups excluding carboxylic acids is 1. The summed E-state index contributed by atoms with van der Waals surface area (Å²) in [5.74, 6) is 0. The number of rotatable bonds is 1. The van der Waals surface area contributed by atoms with Crippen molar-refractivity contribution in [2.45, 2.75) is 51.2 Å². The number of likely N-dealkylation sites (tertiary alicyclic amines) is 1. The number of urea groups is 1. The van der Waals surface area contributed by atoms with E-state index in [9.17, 15) is 4.79 Å². The molecule has 0 spiro atoms. The summed E-state index contributed by atoms with van der Waals surface area (Å²) in [4.78, 5) is 13.8. The van der Waals surface area contributed by atoms with E-state index in [1.54, 1.807) is 0 Å². The molecule has 0 aromatic carbocycles. The van der Waals surface area contributed by atoms with E-state index in [-0.39, 0.29) is 17.7 Å². The molecule has 2 rings (SSSR count). The van der Waals surface area contributed by atoms with Gasteiger partial charge >= 0.3 is 6.03 Å². The smallest absolute Gasteiger partial charge is 0.317 e. The first kappa shape index (κ1) is 11.7. The first-order valence-electron chi connectivity index (χ1n) is 6.26. The van der Waals surface area contributed by atoms with Crippen LogP contribution in [0.15, 0.2) is 0 Å². The highest BCUT2D eigenvalue weighted by atomic mass is 16.5. The zero-order valence-electron chi connectivity index (χ0n) is 10.3. The van der Waals surface area contributed by atoms with Crippen molar-refractivity contribution in [1.82, 2.24) is 10.2 Å². The molecule has 0 aromatic heterocycles. The summed E-state index contributed by atoms with van der Waals surface area (Å²) < 4.78 is 5.64. The van der Waals surface area contributed by atoms with Crippen molar-refractivity contribution in [1.29, 1.82) is 0 Å². The molecule has 0 saturated carbocycles. The Hall–Kier alpha value is -0.770. The standard InChI is InChI=1S/C12H22N2O2/c1-12(2)9-10(5-8-16-12)13-11(15)14-6-3-4-7-14/h10H,3-9H2,1-2H3,(H,13,15). The van der Waals surface area contributed by atoms with Gasteiger partial charge in [-0.1, -0.05) is 0 Å². The van der Waals surface area contributed by atoms with Crippen molar-refractivity contribution in [3.05, 3.63) is 0 Å². The van der Waals surface area contributed by atoms with Gasteiger partial charge < -0.3 is 15.0 Å². The summed E-state index contributed by atoms with van der Waals surface area (Å²) in [5, 5.41) is 3.12. The SMILES string of the molecule is CC1(C)CC(NC(=O)N2CCCC2)CCO1. The van der Waals surface area contributed by atoms with E-state index in [1.165, 1.54) is 0 Å². The predicted molar refractivity (Wildman–Crippen MR) is 62.4 cm³/mol. The second kappa shape index (κ2) is 4.62. The molecule has 2 aliphatic heterocycles. The summed E-state index contributed by atoms with van der Waals surface area (Å²) in [6, 6.07) is 0.386. The quantitative estimate of drug-likeness (QED) is 0.740. The van der Waals surface area contributed by atoms with Crippen LogP contribution in [0.4, 0.5) is 4.79 Å². The fourth-order valence-electron chi connectivity index (χ4n) is 2.54. The Labute approximate surface area is 97.3 Å². The minimum Gasteiger partial charge on any atom is -0.375 e. The lowest BCUT2D eigenvalue weighted by Crippen LogP contribution is -2.49. The lowest BCUT2D eigenvalue weighted by Gasteiger charge is -2.36. The summed E-state index contributed by atoms with van der Waals surface area (Å²) >= 11 is 0. The van der Waals surface area contributed by atoms with Crippen LogP contribution < -0.4 is 5.32 Å². The van der Waals surface area contributed by atoms with Gasteiger partial charge in [-0.2, -0.15) is 0 Å². The van der Waals surface area contributed by atoms with E-state index >= 15 is 0 Å². The van der Waals surface area contributed by atoms with Gasteiger partial charge in [0.1, 0.15) is 0 Å². The molecule has 2 heterocycles. The van der Waals surface area contributed by atoms with Crippen molar-refractivity contribution in [2.24, 2.45) is 0 Å². The van der Waals surface area contributed by atoms with Gasteiger partial charge in [0.25, 0.3) is 0 Å². The van der Waals surface area contributed by atoms with Gasteiger partial charge in [0.15, 0.2) is 0 Å². The van der Waals surface area contributed by atoms with E-state index in [0.717, 1.165) is 45.4 Å². The Morgan fingerprint density at radius 1 is 1.38 bits per heavy atom. The molecule has 92 valence electrons. The van der Waals surface area contributed by atoms with Gasteiger partial charge in [0.05, 0.1) is 5.60 Å². The molecule has 2 fully saturated rings. The summed E-state index contributed by atoms with van der Waals surface area (Å²) in [7, 11) is 0. The molecule has 1 atom stereocenters. The zero-order valence-corrected chi connectivity index (χ0v) is 10.3. The topological polar surface area (TPSA) is 41.6 Å². The first-order chi connectivity index (χ1) is 7.57. The zero-order chi connectivity index (χ0) is 11.6. The summed E-state index contributed by atoms with van der Waals surface area (Å²) in [5.41, 5.74) is -0.0960. The van der Waals surface area contributed by atoms with Crippen LogP contribution in [-0.4, -0.2) is 42.3 Å². The van der Waals surface area contributed by atoms with E-state index < -0.39 is 0 Å². The van der Waals surface area contributed by atoms with Crippen molar-refractivity contribution >= 4 is 6.03 Å². The van der Waals surface area contributed by atoms with Gasteiger partial charge in [0, 0.05) is 25.7 Å². The van der Waals surface area contributed by atoms with E-state index in [2.05, 4.69) is 19.2 Å². The normalized spacial score (nSPS) is 29.1. The molecule has 4 heteroatoms. The number of amides is 2. The fraction of sp³-hybridized carbons (Fsp3) is 0.917. The average molecular weight is 226 g/mol. The second-order valence-corrected chi connectivity index (χ2v) is 5.44. The van der Waals surface area contributed by atoms with Gasteiger partial charge in [-0.3, -0.25) is 0 Å². The van der Waals surface area contributed by atoms with E-state index in [0.29, 0.717) is 0 Å². The Morgan fingerprint density at radius 2 is 2.06 bits per heavy atom. The number of carbonyl (C=O) groups is 1. The highest BCUT2D eigenvalue weighted by molar-refractivity contribution is 5.74. The third-order valence-electron chi connectivity index (χ3n) is 3.42. The van der Waals surface area contributed by atoms with Crippen molar-refractivity contribution in [3.8, 4) is 0 Å². The molecule has 2 saturated heterocycles. The van der Waals surface area contributed by atoms with Crippen LogP contribution in [0.3, 0.4) is 0 Å². The van der Waals surface area contributed by atoms with Crippen LogP contribution in [0.25, 0.3) is 0 Å². The first-order valence-corrected chi connectivity index (χ1v) is 6.26. The minimum absolute atomic E-state index is 0.0960. The second-order valence-electron chi connectivity index (χ2n) is 5.44. The lowest BCUT2D eigenvalue weighted by molar-refractivity contribution is -0.0614. The molecule has 2 amide bonds. The third kappa shape index (κ3) is 2.88. The van der Waals surface area contributed by atoms with E-state index in [4.69, 9.17) is 4.74 Å². The lowest BCUT2D eigenvalue weighted by atomic mass is 9.94. The minimum atomic E-state index is -0.0960. The van der Waals surface area contributed by atoms with Crippen LogP contribution in [0.2, 0.25) is 0 Å². The van der Waals surface area contributed by atoms with Gasteiger partial charge in [-0.15, -0.1) is 0 Å².